The van der Waals surface area contributed by atoms with Crippen molar-refractivity contribution in [2.24, 2.45) is 0 Å². The van der Waals surface area contributed by atoms with Gasteiger partial charge in [0.1, 0.15) is 0 Å². The second kappa shape index (κ2) is 5.03. The zero-order chi connectivity index (χ0) is 9.68. The Morgan fingerprint density at radius 3 is 2.31 bits per heavy atom. The number of hydrogen-bond donors (Lipinski definition) is 1. The minimum Gasteiger partial charge on any atom is -0.393 e. The molecule has 0 aliphatic rings. The number of hydrogen-bond acceptors (Lipinski definition) is 1. The summed E-state index contributed by atoms with van der Waals surface area (Å²) in [5.41, 5.74) is 1.34. The van der Waals surface area contributed by atoms with Crippen LogP contribution in [0.4, 0.5) is 0 Å². The number of rotatable bonds is 4. The van der Waals surface area contributed by atoms with E-state index in [4.69, 9.17) is 0 Å². The molecule has 0 spiro atoms. The van der Waals surface area contributed by atoms with Gasteiger partial charge in [-0.15, -0.1) is 0 Å². The van der Waals surface area contributed by atoms with Gasteiger partial charge in [-0.3, -0.25) is 0 Å². The van der Waals surface area contributed by atoms with Crippen LogP contribution in [0.1, 0.15) is 38.2 Å². The maximum atomic E-state index is 9.32. The van der Waals surface area contributed by atoms with Crippen molar-refractivity contribution in [1.29, 1.82) is 0 Å². The van der Waals surface area contributed by atoms with Gasteiger partial charge in [-0.25, -0.2) is 0 Å². The Balaban J connectivity index is 2.67. The molecule has 0 aliphatic heterocycles. The highest BCUT2D eigenvalue weighted by atomic mass is 16.3. The molecule has 1 aromatic rings. The van der Waals surface area contributed by atoms with Gasteiger partial charge in [-0.05, 0) is 31.2 Å². The van der Waals surface area contributed by atoms with Gasteiger partial charge < -0.3 is 5.11 Å². The monoisotopic (exact) mass is 178 g/mol. The molecule has 0 aromatic heterocycles. The second-order valence-corrected chi connectivity index (χ2v) is 3.60. The predicted molar refractivity (Wildman–Crippen MR) is 55.8 cm³/mol. The summed E-state index contributed by atoms with van der Waals surface area (Å²) >= 11 is 0. The molecule has 0 heterocycles. The van der Waals surface area contributed by atoms with E-state index < -0.39 is 0 Å². The maximum Gasteiger partial charge on any atom is 0.0517 e. The summed E-state index contributed by atoms with van der Waals surface area (Å²) in [5.74, 6) is 0.501. The minimum atomic E-state index is -0.204. The third-order valence-corrected chi connectivity index (χ3v) is 2.39. The van der Waals surface area contributed by atoms with Crippen molar-refractivity contribution in [3.05, 3.63) is 35.9 Å². The van der Waals surface area contributed by atoms with Crippen molar-refractivity contribution in [2.45, 2.75) is 38.7 Å². The van der Waals surface area contributed by atoms with Crippen molar-refractivity contribution in [3.63, 3.8) is 0 Å². The summed E-state index contributed by atoms with van der Waals surface area (Å²) < 4.78 is 0. The van der Waals surface area contributed by atoms with Crippen LogP contribution in [0.15, 0.2) is 30.3 Å². The van der Waals surface area contributed by atoms with Gasteiger partial charge in [0, 0.05) is 0 Å². The van der Waals surface area contributed by atoms with Crippen LogP contribution >= 0.6 is 0 Å². The quantitative estimate of drug-likeness (QED) is 0.751. The predicted octanol–water partition coefficient (Wildman–Crippen LogP) is 2.95. The van der Waals surface area contributed by atoms with Gasteiger partial charge >= 0.3 is 0 Å². The first-order valence-corrected chi connectivity index (χ1v) is 4.97. The summed E-state index contributed by atoms with van der Waals surface area (Å²) in [6, 6.07) is 10.4. The van der Waals surface area contributed by atoms with Crippen LogP contribution in [0.5, 0.6) is 0 Å². The summed E-state index contributed by atoms with van der Waals surface area (Å²) in [7, 11) is 0. The molecule has 1 unspecified atom stereocenters. The Labute approximate surface area is 80.4 Å². The molecule has 1 nitrogen and oxygen atoms in total. The second-order valence-electron chi connectivity index (χ2n) is 3.60. The fourth-order valence-electron chi connectivity index (χ4n) is 1.68. The third-order valence-electron chi connectivity index (χ3n) is 2.39. The Morgan fingerprint density at radius 1 is 1.23 bits per heavy atom. The smallest absolute Gasteiger partial charge is 0.0517 e. The first-order valence-electron chi connectivity index (χ1n) is 4.97. The summed E-state index contributed by atoms with van der Waals surface area (Å²) in [6.45, 7) is 4.02. The summed E-state index contributed by atoms with van der Waals surface area (Å²) in [6.07, 6.45) is 1.75. The highest BCUT2D eigenvalue weighted by Crippen LogP contribution is 2.24. The van der Waals surface area contributed by atoms with Crippen LogP contribution < -0.4 is 0 Å². The molecule has 0 aliphatic carbocycles. The molecule has 0 fully saturated rings. The van der Waals surface area contributed by atoms with Gasteiger partial charge in [0.25, 0.3) is 0 Å². The lowest BCUT2D eigenvalue weighted by atomic mass is 9.91. The van der Waals surface area contributed by atoms with Crippen LogP contribution in [0.25, 0.3) is 0 Å². The average Bonchev–Trinajstić information content (AvgIpc) is 2.15. The van der Waals surface area contributed by atoms with E-state index in [2.05, 4.69) is 31.2 Å². The SMILES string of the molecule is CC[C@@H](CC(C)O)c1ccccc1. The van der Waals surface area contributed by atoms with Gasteiger partial charge in [0.15, 0.2) is 0 Å². The fourth-order valence-corrected chi connectivity index (χ4v) is 1.68. The molecule has 1 rings (SSSR count). The highest BCUT2D eigenvalue weighted by Gasteiger charge is 2.10. The van der Waals surface area contributed by atoms with E-state index in [0.717, 1.165) is 12.8 Å². The van der Waals surface area contributed by atoms with E-state index >= 15 is 0 Å². The molecular formula is C12H18O. The largest absolute Gasteiger partial charge is 0.393 e. The zero-order valence-corrected chi connectivity index (χ0v) is 8.40. The van der Waals surface area contributed by atoms with Crippen LogP contribution in [-0.2, 0) is 0 Å². The lowest BCUT2D eigenvalue weighted by molar-refractivity contribution is 0.173. The molecule has 1 heteroatoms. The molecule has 1 aromatic carbocycles. The van der Waals surface area contributed by atoms with Crippen LogP contribution in [0, 0.1) is 0 Å². The third kappa shape index (κ3) is 3.19. The Bertz CT molecular complexity index is 228. The topological polar surface area (TPSA) is 20.2 Å². The van der Waals surface area contributed by atoms with Crippen molar-refractivity contribution < 1.29 is 5.11 Å². The lowest BCUT2D eigenvalue weighted by Gasteiger charge is -2.16. The fraction of sp³-hybridized carbons (Fsp3) is 0.500. The van der Waals surface area contributed by atoms with E-state index in [0.29, 0.717) is 5.92 Å². The van der Waals surface area contributed by atoms with Gasteiger partial charge in [-0.1, -0.05) is 37.3 Å². The van der Waals surface area contributed by atoms with E-state index in [1.807, 2.05) is 13.0 Å². The lowest BCUT2D eigenvalue weighted by Crippen LogP contribution is -2.07. The van der Waals surface area contributed by atoms with Crippen LogP contribution in [-0.4, -0.2) is 11.2 Å². The van der Waals surface area contributed by atoms with Crippen molar-refractivity contribution in [2.75, 3.05) is 0 Å². The van der Waals surface area contributed by atoms with Crippen molar-refractivity contribution >= 4 is 0 Å². The minimum absolute atomic E-state index is 0.204. The van der Waals surface area contributed by atoms with Crippen LogP contribution in [0.2, 0.25) is 0 Å². The first-order chi connectivity index (χ1) is 6.24. The van der Waals surface area contributed by atoms with Crippen LogP contribution in [0.3, 0.4) is 0 Å². The Morgan fingerprint density at radius 2 is 1.85 bits per heavy atom. The van der Waals surface area contributed by atoms with Gasteiger partial charge in [0.05, 0.1) is 6.10 Å². The number of aliphatic hydroxyl groups excluding tert-OH is 1. The van der Waals surface area contributed by atoms with E-state index in [1.54, 1.807) is 0 Å². The molecule has 0 saturated heterocycles. The summed E-state index contributed by atoms with van der Waals surface area (Å²) in [4.78, 5) is 0. The first kappa shape index (κ1) is 10.3. The molecule has 0 amide bonds. The van der Waals surface area contributed by atoms with E-state index in [-0.39, 0.29) is 6.10 Å². The summed E-state index contributed by atoms with van der Waals surface area (Å²) in [5, 5.41) is 9.32. The standard InChI is InChI=1S/C12H18O/c1-3-11(9-10(2)13)12-7-5-4-6-8-12/h4-8,10-11,13H,3,9H2,1-2H3/t10?,11-/m0/s1. The molecule has 72 valence electrons. The highest BCUT2D eigenvalue weighted by molar-refractivity contribution is 5.19. The van der Waals surface area contributed by atoms with Crippen molar-refractivity contribution in [3.8, 4) is 0 Å². The van der Waals surface area contributed by atoms with Gasteiger partial charge in [0.2, 0.25) is 0 Å². The van der Waals surface area contributed by atoms with Gasteiger partial charge in [-0.2, -0.15) is 0 Å². The molecule has 13 heavy (non-hydrogen) atoms. The Kier molecular flexibility index (Phi) is 3.97. The van der Waals surface area contributed by atoms with E-state index in [1.165, 1.54) is 5.56 Å². The normalized spacial score (nSPS) is 15.3. The van der Waals surface area contributed by atoms with Crippen molar-refractivity contribution in [1.82, 2.24) is 0 Å². The average molecular weight is 178 g/mol. The maximum absolute atomic E-state index is 9.32. The Hall–Kier alpha value is -0.820. The van der Waals surface area contributed by atoms with E-state index in [9.17, 15) is 5.11 Å². The molecule has 0 radical (unpaired) electrons. The number of aliphatic hydroxyl groups is 1. The molecule has 0 saturated carbocycles. The molecule has 2 atom stereocenters. The molecule has 0 bridgehead atoms. The molecule has 1 N–H and O–H groups in total. The molecular weight excluding hydrogens is 160 g/mol. The number of benzene rings is 1. The zero-order valence-electron chi connectivity index (χ0n) is 8.40.